The van der Waals surface area contributed by atoms with Gasteiger partial charge >= 0.3 is 5.63 Å². The van der Waals surface area contributed by atoms with Crippen LogP contribution in [-0.2, 0) is 4.79 Å². The molecule has 0 fully saturated rings. The Kier molecular flexibility index (Phi) is 4.43. The van der Waals surface area contributed by atoms with Crippen LogP contribution < -0.4 is 15.7 Å². The molecule has 2 aromatic carbocycles. The van der Waals surface area contributed by atoms with Crippen molar-refractivity contribution in [3.05, 3.63) is 76.7 Å². The number of rotatable bonds is 4. The number of benzene rings is 2. The van der Waals surface area contributed by atoms with E-state index in [9.17, 15) is 9.59 Å². The number of carbonyl (C=O) groups is 1. The fraction of sp³-hybridized carbons (Fsp3) is 0.0526. The SMILES string of the molecule is COc1ccc2cc(NC(=O)C=Cc3ccccc3)c(=O)oc2c1. The van der Waals surface area contributed by atoms with Crippen molar-refractivity contribution < 1.29 is 13.9 Å². The van der Waals surface area contributed by atoms with Crippen LogP contribution in [0.5, 0.6) is 5.75 Å². The van der Waals surface area contributed by atoms with E-state index in [4.69, 9.17) is 9.15 Å². The van der Waals surface area contributed by atoms with Gasteiger partial charge < -0.3 is 14.5 Å². The number of hydrogen-bond donors (Lipinski definition) is 1. The molecule has 3 rings (SSSR count). The first kappa shape index (κ1) is 15.6. The molecule has 1 aromatic heterocycles. The van der Waals surface area contributed by atoms with Gasteiger partial charge in [0.2, 0.25) is 5.91 Å². The number of methoxy groups -OCH3 is 1. The second-order valence-electron chi connectivity index (χ2n) is 5.08. The maximum atomic E-state index is 12.0. The Balaban J connectivity index is 1.82. The second-order valence-corrected chi connectivity index (χ2v) is 5.08. The van der Waals surface area contributed by atoms with Crippen molar-refractivity contribution >= 4 is 28.6 Å². The van der Waals surface area contributed by atoms with E-state index in [1.165, 1.54) is 13.2 Å². The van der Waals surface area contributed by atoms with Gasteiger partial charge in [0, 0.05) is 17.5 Å². The molecule has 1 heterocycles. The maximum Gasteiger partial charge on any atom is 0.360 e. The minimum Gasteiger partial charge on any atom is -0.497 e. The molecule has 0 aliphatic rings. The third kappa shape index (κ3) is 3.52. The average Bonchev–Trinajstić information content (AvgIpc) is 2.61. The predicted octanol–water partition coefficient (Wildman–Crippen LogP) is 3.45. The van der Waals surface area contributed by atoms with E-state index in [2.05, 4.69) is 5.32 Å². The van der Waals surface area contributed by atoms with Crippen LogP contribution in [0, 0.1) is 0 Å². The highest BCUT2D eigenvalue weighted by Gasteiger charge is 2.08. The molecule has 3 aromatic rings. The van der Waals surface area contributed by atoms with Crippen LogP contribution in [0.3, 0.4) is 0 Å². The number of hydrogen-bond acceptors (Lipinski definition) is 4. The van der Waals surface area contributed by atoms with Crippen LogP contribution in [0.2, 0.25) is 0 Å². The molecule has 24 heavy (non-hydrogen) atoms. The molecule has 0 atom stereocenters. The van der Waals surface area contributed by atoms with Crippen molar-refractivity contribution in [3.8, 4) is 5.75 Å². The Bertz CT molecular complexity index is 958. The summed E-state index contributed by atoms with van der Waals surface area (Å²) in [6, 6.07) is 16.1. The molecule has 0 unspecified atom stereocenters. The highest BCUT2D eigenvalue weighted by Crippen LogP contribution is 2.21. The van der Waals surface area contributed by atoms with Gasteiger partial charge in [-0.3, -0.25) is 4.79 Å². The zero-order valence-corrected chi connectivity index (χ0v) is 13.0. The van der Waals surface area contributed by atoms with Crippen molar-refractivity contribution in [2.75, 3.05) is 12.4 Å². The van der Waals surface area contributed by atoms with E-state index in [0.717, 1.165) is 5.56 Å². The van der Waals surface area contributed by atoms with Gasteiger partial charge in [0.1, 0.15) is 17.0 Å². The van der Waals surface area contributed by atoms with Crippen molar-refractivity contribution in [1.29, 1.82) is 0 Å². The third-order valence-electron chi connectivity index (χ3n) is 3.43. The molecule has 1 N–H and O–H groups in total. The van der Waals surface area contributed by atoms with Crippen LogP contribution in [0.1, 0.15) is 5.56 Å². The van der Waals surface area contributed by atoms with Crippen LogP contribution in [0.25, 0.3) is 17.0 Å². The van der Waals surface area contributed by atoms with Gasteiger partial charge in [0.25, 0.3) is 0 Å². The van der Waals surface area contributed by atoms with Crippen molar-refractivity contribution in [2.24, 2.45) is 0 Å². The molecule has 0 aliphatic carbocycles. The first-order valence-electron chi connectivity index (χ1n) is 7.32. The molecule has 0 radical (unpaired) electrons. The summed E-state index contributed by atoms with van der Waals surface area (Å²) >= 11 is 0. The monoisotopic (exact) mass is 321 g/mol. The standard InChI is InChI=1S/C19H15NO4/c1-23-15-9-8-14-11-16(19(22)24-17(14)12-15)20-18(21)10-7-13-5-3-2-4-6-13/h2-12H,1H3,(H,20,21). The fourth-order valence-electron chi connectivity index (χ4n) is 2.22. The first-order valence-corrected chi connectivity index (χ1v) is 7.32. The Labute approximate surface area is 138 Å². The van der Waals surface area contributed by atoms with Gasteiger partial charge in [-0.25, -0.2) is 4.79 Å². The summed E-state index contributed by atoms with van der Waals surface area (Å²) in [5, 5.41) is 3.23. The summed E-state index contributed by atoms with van der Waals surface area (Å²) in [5.41, 5.74) is 0.773. The molecule has 1 amide bonds. The highest BCUT2D eigenvalue weighted by atomic mass is 16.5. The number of fused-ring (bicyclic) bond motifs is 1. The molecule has 5 heteroatoms. The van der Waals surface area contributed by atoms with Crippen LogP contribution in [0.4, 0.5) is 5.69 Å². The summed E-state index contributed by atoms with van der Waals surface area (Å²) in [4.78, 5) is 24.0. The largest absolute Gasteiger partial charge is 0.497 e. The summed E-state index contributed by atoms with van der Waals surface area (Å²) < 4.78 is 10.3. The number of amides is 1. The fourth-order valence-corrected chi connectivity index (χ4v) is 2.22. The summed E-state index contributed by atoms with van der Waals surface area (Å²) in [7, 11) is 1.53. The van der Waals surface area contributed by atoms with E-state index in [0.29, 0.717) is 16.7 Å². The van der Waals surface area contributed by atoms with Crippen LogP contribution >= 0.6 is 0 Å². The van der Waals surface area contributed by atoms with E-state index in [1.807, 2.05) is 30.3 Å². The minimum atomic E-state index is -0.614. The van der Waals surface area contributed by atoms with E-state index in [-0.39, 0.29) is 5.69 Å². The van der Waals surface area contributed by atoms with Gasteiger partial charge in [-0.2, -0.15) is 0 Å². The lowest BCUT2D eigenvalue weighted by Gasteiger charge is -2.04. The van der Waals surface area contributed by atoms with Gasteiger partial charge in [0.05, 0.1) is 7.11 Å². The van der Waals surface area contributed by atoms with Crippen molar-refractivity contribution in [1.82, 2.24) is 0 Å². The van der Waals surface area contributed by atoms with Gasteiger partial charge in [-0.05, 0) is 29.8 Å². The Hall–Kier alpha value is -3.34. The topological polar surface area (TPSA) is 68.5 Å². The molecule has 0 bridgehead atoms. The summed E-state index contributed by atoms with van der Waals surface area (Å²) in [6.07, 6.45) is 3.04. The average molecular weight is 321 g/mol. The number of ether oxygens (including phenoxy) is 1. The molecule has 120 valence electrons. The highest BCUT2D eigenvalue weighted by molar-refractivity contribution is 6.02. The quantitative estimate of drug-likeness (QED) is 0.590. The maximum absolute atomic E-state index is 12.0. The third-order valence-corrected chi connectivity index (χ3v) is 3.43. The van der Waals surface area contributed by atoms with E-state index >= 15 is 0 Å². The Morgan fingerprint density at radius 1 is 1.12 bits per heavy atom. The lowest BCUT2D eigenvalue weighted by atomic mass is 10.2. The summed E-state index contributed by atoms with van der Waals surface area (Å²) in [5.74, 6) is 0.187. The molecular formula is C19H15NO4. The van der Waals surface area contributed by atoms with Gasteiger partial charge in [0.15, 0.2) is 0 Å². The van der Waals surface area contributed by atoms with Crippen molar-refractivity contribution in [3.63, 3.8) is 0 Å². The number of nitrogens with one attached hydrogen (secondary N) is 1. The van der Waals surface area contributed by atoms with Crippen LogP contribution in [-0.4, -0.2) is 13.0 Å². The minimum absolute atomic E-state index is 0.0929. The number of anilines is 1. The predicted molar refractivity (Wildman–Crippen MR) is 93.1 cm³/mol. The molecule has 0 spiro atoms. The Morgan fingerprint density at radius 2 is 1.92 bits per heavy atom. The van der Waals surface area contributed by atoms with E-state index in [1.54, 1.807) is 30.3 Å². The number of carbonyl (C=O) groups excluding carboxylic acids is 1. The molecule has 0 saturated carbocycles. The molecule has 5 nitrogen and oxygen atoms in total. The zero-order valence-electron chi connectivity index (χ0n) is 13.0. The van der Waals surface area contributed by atoms with E-state index < -0.39 is 11.5 Å². The first-order chi connectivity index (χ1) is 11.7. The van der Waals surface area contributed by atoms with Crippen molar-refractivity contribution in [2.45, 2.75) is 0 Å². The summed E-state index contributed by atoms with van der Waals surface area (Å²) in [6.45, 7) is 0. The zero-order chi connectivity index (χ0) is 16.9. The lowest BCUT2D eigenvalue weighted by molar-refractivity contribution is -0.111. The normalized spacial score (nSPS) is 10.9. The van der Waals surface area contributed by atoms with Crippen LogP contribution in [0.15, 0.2) is 69.9 Å². The molecular weight excluding hydrogens is 306 g/mol. The second kappa shape index (κ2) is 6.83. The lowest BCUT2D eigenvalue weighted by Crippen LogP contribution is -2.15. The smallest absolute Gasteiger partial charge is 0.360 e. The molecule has 0 saturated heterocycles. The van der Waals surface area contributed by atoms with Gasteiger partial charge in [-0.15, -0.1) is 0 Å². The van der Waals surface area contributed by atoms with Gasteiger partial charge in [-0.1, -0.05) is 30.3 Å². The molecule has 0 aliphatic heterocycles. The Morgan fingerprint density at radius 3 is 2.67 bits per heavy atom.